The Bertz CT molecular complexity index is 499. The van der Waals surface area contributed by atoms with Crippen LogP contribution in [0.15, 0.2) is 53.0 Å². The summed E-state index contributed by atoms with van der Waals surface area (Å²) < 4.78 is 0.941. The average molecular weight is 298 g/mol. The van der Waals surface area contributed by atoms with Crippen LogP contribution in [0.2, 0.25) is 5.02 Å². The van der Waals surface area contributed by atoms with Gasteiger partial charge in [-0.15, -0.1) is 0 Å². The van der Waals surface area contributed by atoms with Crippen LogP contribution in [0.4, 0.5) is 0 Å². The van der Waals surface area contributed by atoms with Crippen molar-refractivity contribution in [1.29, 1.82) is 0 Å². The molecule has 2 aromatic rings. The molecule has 16 heavy (non-hydrogen) atoms. The third-order valence-electron chi connectivity index (χ3n) is 2.36. The molecular weight excluding hydrogens is 287 g/mol. The van der Waals surface area contributed by atoms with Gasteiger partial charge in [-0.25, -0.2) is 0 Å². The summed E-state index contributed by atoms with van der Waals surface area (Å²) in [6.07, 6.45) is -0.689. The van der Waals surface area contributed by atoms with Crippen LogP contribution < -0.4 is 0 Å². The lowest BCUT2D eigenvalue weighted by molar-refractivity contribution is 0.220. The van der Waals surface area contributed by atoms with Crippen LogP contribution in [-0.4, -0.2) is 5.11 Å². The minimum Gasteiger partial charge on any atom is -0.384 e. The molecule has 0 bridgehead atoms. The van der Waals surface area contributed by atoms with E-state index < -0.39 is 6.10 Å². The number of hydrogen-bond acceptors (Lipinski definition) is 1. The normalized spacial score (nSPS) is 12.4. The SMILES string of the molecule is OC(c1cccc(Br)c1)c1ccccc1Cl. The predicted octanol–water partition coefficient (Wildman–Crippen LogP) is 4.18. The van der Waals surface area contributed by atoms with Crippen molar-refractivity contribution in [1.82, 2.24) is 0 Å². The Balaban J connectivity index is 2.39. The fourth-order valence-electron chi connectivity index (χ4n) is 1.55. The first kappa shape index (κ1) is 11.6. The Hall–Kier alpha value is -0.830. The third-order valence-corrected chi connectivity index (χ3v) is 3.20. The zero-order valence-electron chi connectivity index (χ0n) is 8.40. The second-order valence-electron chi connectivity index (χ2n) is 3.48. The van der Waals surface area contributed by atoms with Crippen LogP contribution in [0.5, 0.6) is 0 Å². The van der Waals surface area contributed by atoms with Crippen LogP contribution in [0, 0.1) is 0 Å². The summed E-state index contributed by atoms with van der Waals surface area (Å²) in [5.74, 6) is 0. The molecule has 0 spiro atoms. The van der Waals surface area contributed by atoms with E-state index in [1.54, 1.807) is 6.07 Å². The van der Waals surface area contributed by atoms with Gasteiger partial charge in [-0.05, 0) is 23.8 Å². The maximum Gasteiger partial charge on any atom is 0.106 e. The lowest BCUT2D eigenvalue weighted by atomic mass is 10.0. The van der Waals surface area contributed by atoms with E-state index in [9.17, 15) is 5.11 Å². The van der Waals surface area contributed by atoms with E-state index in [4.69, 9.17) is 11.6 Å². The van der Waals surface area contributed by atoms with Gasteiger partial charge in [0.2, 0.25) is 0 Å². The number of halogens is 2. The molecule has 2 rings (SSSR count). The Morgan fingerprint density at radius 2 is 1.81 bits per heavy atom. The van der Waals surface area contributed by atoms with E-state index in [1.165, 1.54) is 0 Å². The molecule has 0 heterocycles. The Morgan fingerprint density at radius 3 is 2.50 bits per heavy atom. The summed E-state index contributed by atoms with van der Waals surface area (Å²) in [6.45, 7) is 0. The van der Waals surface area contributed by atoms with Gasteiger partial charge in [0.15, 0.2) is 0 Å². The molecule has 82 valence electrons. The first-order valence-electron chi connectivity index (χ1n) is 4.86. The van der Waals surface area contributed by atoms with Gasteiger partial charge in [0.1, 0.15) is 6.10 Å². The smallest absolute Gasteiger partial charge is 0.106 e. The van der Waals surface area contributed by atoms with Crippen LogP contribution in [0.1, 0.15) is 17.2 Å². The van der Waals surface area contributed by atoms with Gasteiger partial charge >= 0.3 is 0 Å². The number of rotatable bonds is 2. The standard InChI is InChI=1S/C13H10BrClO/c14-10-5-3-4-9(8-10)13(16)11-6-1-2-7-12(11)15/h1-8,13,16H. The summed E-state index contributed by atoms with van der Waals surface area (Å²) in [4.78, 5) is 0. The lowest BCUT2D eigenvalue weighted by Gasteiger charge is -2.13. The van der Waals surface area contributed by atoms with Gasteiger partial charge in [-0.3, -0.25) is 0 Å². The van der Waals surface area contributed by atoms with Gasteiger partial charge in [-0.2, -0.15) is 0 Å². The fraction of sp³-hybridized carbons (Fsp3) is 0.0769. The van der Waals surface area contributed by atoms with Gasteiger partial charge in [0.05, 0.1) is 0 Å². The number of aliphatic hydroxyl groups is 1. The first-order chi connectivity index (χ1) is 7.68. The highest BCUT2D eigenvalue weighted by Gasteiger charge is 2.13. The summed E-state index contributed by atoms with van der Waals surface area (Å²) >= 11 is 9.41. The van der Waals surface area contributed by atoms with Gasteiger partial charge < -0.3 is 5.11 Å². The monoisotopic (exact) mass is 296 g/mol. The molecule has 0 aromatic heterocycles. The molecule has 1 nitrogen and oxygen atoms in total. The van der Waals surface area contributed by atoms with Crippen molar-refractivity contribution in [3.8, 4) is 0 Å². The van der Waals surface area contributed by atoms with Crippen LogP contribution in [0.25, 0.3) is 0 Å². The van der Waals surface area contributed by atoms with Crippen LogP contribution in [0.3, 0.4) is 0 Å². The van der Waals surface area contributed by atoms with Gasteiger partial charge in [0.25, 0.3) is 0 Å². The van der Waals surface area contributed by atoms with Crippen molar-refractivity contribution in [3.63, 3.8) is 0 Å². The topological polar surface area (TPSA) is 20.2 Å². The van der Waals surface area contributed by atoms with Crippen LogP contribution in [-0.2, 0) is 0 Å². The lowest BCUT2D eigenvalue weighted by Crippen LogP contribution is -2.00. The molecule has 0 saturated heterocycles. The van der Waals surface area contributed by atoms with Crippen molar-refractivity contribution in [2.24, 2.45) is 0 Å². The third kappa shape index (κ3) is 2.46. The van der Waals surface area contributed by atoms with Gasteiger partial charge in [0, 0.05) is 15.1 Å². The highest BCUT2D eigenvalue weighted by molar-refractivity contribution is 9.10. The quantitative estimate of drug-likeness (QED) is 0.881. The second-order valence-corrected chi connectivity index (χ2v) is 4.80. The molecule has 0 fully saturated rings. The maximum absolute atomic E-state index is 10.2. The molecule has 1 atom stereocenters. The number of aliphatic hydroxyl groups excluding tert-OH is 1. The Morgan fingerprint density at radius 1 is 1.06 bits per heavy atom. The zero-order valence-corrected chi connectivity index (χ0v) is 10.7. The van der Waals surface area contributed by atoms with Crippen molar-refractivity contribution >= 4 is 27.5 Å². The molecule has 0 aliphatic rings. The van der Waals surface area contributed by atoms with Gasteiger partial charge in [-0.1, -0.05) is 57.9 Å². The molecule has 1 unspecified atom stereocenters. The Labute approximate surface area is 108 Å². The minimum atomic E-state index is -0.689. The largest absolute Gasteiger partial charge is 0.384 e. The molecule has 0 radical (unpaired) electrons. The molecule has 0 aliphatic carbocycles. The molecule has 2 aromatic carbocycles. The minimum absolute atomic E-state index is 0.579. The van der Waals surface area contributed by atoms with Crippen molar-refractivity contribution < 1.29 is 5.11 Å². The second kappa shape index (κ2) is 5.00. The van der Waals surface area contributed by atoms with E-state index in [-0.39, 0.29) is 0 Å². The highest BCUT2D eigenvalue weighted by Crippen LogP contribution is 2.29. The van der Waals surface area contributed by atoms with E-state index >= 15 is 0 Å². The summed E-state index contributed by atoms with van der Waals surface area (Å²) in [5.41, 5.74) is 1.55. The average Bonchev–Trinajstić information content (AvgIpc) is 2.29. The van der Waals surface area contributed by atoms with E-state index in [0.717, 1.165) is 15.6 Å². The zero-order chi connectivity index (χ0) is 11.5. The molecule has 1 N–H and O–H groups in total. The Kier molecular flexibility index (Phi) is 3.64. The van der Waals surface area contributed by atoms with E-state index in [2.05, 4.69) is 15.9 Å². The van der Waals surface area contributed by atoms with Crippen molar-refractivity contribution in [3.05, 3.63) is 69.2 Å². The summed E-state index contributed by atoms with van der Waals surface area (Å²) in [6, 6.07) is 14.9. The van der Waals surface area contributed by atoms with Crippen molar-refractivity contribution in [2.75, 3.05) is 0 Å². The van der Waals surface area contributed by atoms with E-state index in [1.807, 2.05) is 42.5 Å². The predicted molar refractivity (Wildman–Crippen MR) is 69.7 cm³/mol. The molecule has 0 amide bonds. The number of hydrogen-bond donors (Lipinski definition) is 1. The molecule has 0 saturated carbocycles. The van der Waals surface area contributed by atoms with Crippen LogP contribution >= 0.6 is 27.5 Å². The molecule has 3 heteroatoms. The maximum atomic E-state index is 10.2. The summed E-state index contributed by atoms with van der Waals surface area (Å²) in [7, 11) is 0. The van der Waals surface area contributed by atoms with E-state index in [0.29, 0.717) is 5.02 Å². The fourth-order valence-corrected chi connectivity index (χ4v) is 2.21. The van der Waals surface area contributed by atoms with Crippen molar-refractivity contribution in [2.45, 2.75) is 6.10 Å². The summed E-state index contributed by atoms with van der Waals surface area (Å²) in [5, 5.41) is 10.8. The highest BCUT2D eigenvalue weighted by atomic mass is 79.9. The number of benzene rings is 2. The molecule has 0 aliphatic heterocycles. The first-order valence-corrected chi connectivity index (χ1v) is 6.03. The molecular formula is C13H10BrClO.